The Hall–Kier alpha value is -3.04. The maximum absolute atomic E-state index is 12.4. The van der Waals surface area contributed by atoms with E-state index < -0.39 is 10.0 Å². The molecule has 7 nitrogen and oxygen atoms in total. The number of rotatable bonds is 9. The number of sulfonamides is 1. The quantitative estimate of drug-likeness (QED) is 0.522. The smallest absolute Gasteiger partial charge is 0.271 e. The summed E-state index contributed by atoms with van der Waals surface area (Å²) in [6.45, 7) is 2.14. The number of methoxy groups -OCH3 is 1. The van der Waals surface area contributed by atoms with Crippen LogP contribution >= 0.6 is 11.3 Å². The second-order valence-corrected chi connectivity index (χ2v) is 9.33. The number of nitrogens with one attached hydrogen (secondary N) is 2. The average Bonchev–Trinajstić information content (AvgIpc) is 3.29. The summed E-state index contributed by atoms with van der Waals surface area (Å²) < 4.78 is 38.0. The van der Waals surface area contributed by atoms with Crippen LogP contribution in [0.15, 0.2) is 70.3 Å². The maximum atomic E-state index is 12.4. The lowest BCUT2D eigenvalue weighted by atomic mass is 10.2. The Morgan fingerprint density at radius 2 is 1.70 bits per heavy atom. The molecule has 30 heavy (non-hydrogen) atoms. The minimum absolute atomic E-state index is 0.225. The minimum Gasteiger partial charge on any atom is -0.497 e. The first-order valence-corrected chi connectivity index (χ1v) is 11.5. The van der Waals surface area contributed by atoms with Crippen molar-refractivity contribution in [3.63, 3.8) is 0 Å². The fourth-order valence-electron chi connectivity index (χ4n) is 2.55. The molecule has 1 heterocycles. The molecule has 0 bridgehead atoms. The molecule has 2 N–H and O–H groups in total. The van der Waals surface area contributed by atoms with Crippen LogP contribution in [0, 0.1) is 0 Å². The van der Waals surface area contributed by atoms with Crippen molar-refractivity contribution in [1.82, 2.24) is 5.32 Å². The molecule has 0 saturated carbocycles. The highest BCUT2D eigenvalue weighted by molar-refractivity contribution is 7.94. The van der Waals surface area contributed by atoms with Gasteiger partial charge in [-0.15, -0.1) is 11.3 Å². The van der Waals surface area contributed by atoms with E-state index in [9.17, 15) is 13.2 Å². The van der Waals surface area contributed by atoms with Gasteiger partial charge in [0.05, 0.1) is 13.2 Å². The van der Waals surface area contributed by atoms with Gasteiger partial charge in [-0.3, -0.25) is 9.52 Å². The van der Waals surface area contributed by atoms with Gasteiger partial charge in [0.1, 0.15) is 22.3 Å². The predicted molar refractivity (Wildman–Crippen MR) is 117 cm³/mol. The molecule has 1 atom stereocenters. The van der Waals surface area contributed by atoms with Crippen molar-refractivity contribution >= 4 is 33.0 Å². The number of anilines is 1. The molecule has 9 heteroatoms. The van der Waals surface area contributed by atoms with Crippen LogP contribution in [0.25, 0.3) is 0 Å². The van der Waals surface area contributed by atoms with Crippen LogP contribution in [0.1, 0.15) is 17.3 Å². The number of hydrogen-bond acceptors (Lipinski definition) is 6. The highest BCUT2D eigenvalue weighted by Gasteiger charge is 2.16. The van der Waals surface area contributed by atoms with Crippen LogP contribution in [-0.2, 0) is 10.0 Å². The monoisotopic (exact) mass is 446 g/mol. The molecule has 1 aromatic heterocycles. The first kappa shape index (κ1) is 21.7. The number of thiophene rings is 1. The van der Waals surface area contributed by atoms with Gasteiger partial charge < -0.3 is 14.8 Å². The van der Waals surface area contributed by atoms with Gasteiger partial charge in [-0.1, -0.05) is 6.07 Å². The van der Waals surface area contributed by atoms with Crippen LogP contribution in [0.3, 0.4) is 0 Å². The summed E-state index contributed by atoms with van der Waals surface area (Å²) in [4.78, 5) is 12.4. The van der Waals surface area contributed by atoms with Crippen LogP contribution in [0.2, 0.25) is 0 Å². The normalized spacial score (nSPS) is 12.1. The molecule has 3 rings (SSSR count). The Morgan fingerprint density at radius 1 is 1.03 bits per heavy atom. The zero-order chi connectivity index (χ0) is 21.6. The van der Waals surface area contributed by atoms with Crippen molar-refractivity contribution in [1.29, 1.82) is 0 Å². The topological polar surface area (TPSA) is 93.7 Å². The van der Waals surface area contributed by atoms with E-state index in [1.54, 1.807) is 67.1 Å². The van der Waals surface area contributed by atoms with Gasteiger partial charge >= 0.3 is 0 Å². The minimum atomic E-state index is -3.62. The molecular formula is C21H22N2O5S2. The lowest BCUT2D eigenvalue weighted by molar-refractivity contribution is 0.0926. The molecule has 0 fully saturated rings. The van der Waals surface area contributed by atoms with E-state index in [-0.39, 0.29) is 16.2 Å². The Kier molecular flexibility index (Phi) is 6.96. The second kappa shape index (κ2) is 9.64. The molecule has 158 valence electrons. The number of carbonyl (C=O) groups excluding carboxylic acids is 1. The number of carbonyl (C=O) groups is 1. The molecule has 0 saturated heterocycles. The number of benzene rings is 2. The van der Waals surface area contributed by atoms with E-state index in [1.807, 2.05) is 6.92 Å². The third-order valence-electron chi connectivity index (χ3n) is 4.10. The highest BCUT2D eigenvalue weighted by atomic mass is 32.2. The third-order valence-corrected chi connectivity index (χ3v) is 6.87. The van der Waals surface area contributed by atoms with E-state index in [2.05, 4.69) is 10.0 Å². The molecule has 0 aliphatic carbocycles. The first-order valence-electron chi connectivity index (χ1n) is 9.11. The first-order chi connectivity index (χ1) is 14.4. The zero-order valence-electron chi connectivity index (χ0n) is 16.5. The van der Waals surface area contributed by atoms with Crippen molar-refractivity contribution in [2.45, 2.75) is 17.2 Å². The van der Waals surface area contributed by atoms with E-state index >= 15 is 0 Å². The number of amides is 1. The van der Waals surface area contributed by atoms with E-state index in [1.165, 1.54) is 6.07 Å². The molecule has 0 radical (unpaired) electrons. The van der Waals surface area contributed by atoms with Crippen molar-refractivity contribution in [3.05, 3.63) is 71.6 Å². The standard InChI is InChI=1S/C21H22N2O5S2/c1-15(14-28-19-11-9-18(27-2)10-12-19)22-21(24)16-5-7-17(8-6-16)23-30(25,26)20-4-3-13-29-20/h3-13,15,23H,14H2,1-2H3,(H,22,24). The van der Waals surface area contributed by atoms with Crippen LogP contribution < -0.4 is 19.5 Å². The molecule has 2 aromatic carbocycles. The molecule has 1 amide bonds. The van der Waals surface area contributed by atoms with Crippen LogP contribution in [-0.4, -0.2) is 34.1 Å². The van der Waals surface area contributed by atoms with Gasteiger partial charge in [-0.2, -0.15) is 0 Å². The molecule has 1 unspecified atom stereocenters. The van der Waals surface area contributed by atoms with Gasteiger partial charge in [-0.25, -0.2) is 8.42 Å². The molecule has 0 aliphatic heterocycles. The lowest BCUT2D eigenvalue weighted by Crippen LogP contribution is -2.36. The van der Waals surface area contributed by atoms with Crippen molar-refractivity contribution in [2.24, 2.45) is 0 Å². The summed E-state index contributed by atoms with van der Waals surface area (Å²) in [6, 6.07) is 16.4. The van der Waals surface area contributed by atoms with Gasteiger partial charge in [-0.05, 0) is 66.9 Å². The summed E-state index contributed by atoms with van der Waals surface area (Å²) in [5, 5.41) is 4.55. The maximum Gasteiger partial charge on any atom is 0.271 e. The van der Waals surface area contributed by atoms with Gasteiger partial charge in [0.25, 0.3) is 15.9 Å². The summed E-state index contributed by atoms with van der Waals surface area (Å²) in [6.07, 6.45) is 0. The molecule has 0 spiro atoms. The summed E-state index contributed by atoms with van der Waals surface area (Å²) in [5.41, 5.74) is 0.807. The predicted octanol–water partition coefficient (Wildman–Crippen LogP) is 3.75. The van der Waals surface area contributed by atoms with E-state index in [0.717, 1.165) is 17.1 Å². The van der Waals surface area contributed by atoms with Crippen molar-refractivity contribution in [3.8, 4) is 11.5 Å². The summed E-state index contributed by atoms with van der Waals surface area (Å²) >= 11 is 1.14. The Bertz CT molecular complexity index is 1060. The molecule has 0 aliphatic rings. The second-order valence-electron chi connectivity index (χ2n) is 6.48. The zero-order valence-corrected chi connectivity index (χ0v) is 18.1. The van der Waals surface area contributed by atoms with Crippen molar-refractivity contribution in [2.75, 3.05) is 18.4 Å². The van der Waals surface area contributed by atoms with Crippen LogP contribution in [0.5, 0.6) is 11.5 Å². The summed E-state index contributed by atoms with van der Waals surface area (Å²) in [5.74, 6) is 1.15. The number of ether oxygens (including phenoxy) is 2. The van der Waals surface area contributed by atoms with Crippen molar-refractivity contribution < 1.29 is 22.7 Å². The van der Waals surface area contributed by atoms with E-state index in [4.69, 9.17) is 9.47 Å². The van der Waals surface area contributed by atoms with Gasteiger partial charge in [0, 0.05) is 11.3 Å². The van der Waals surface area contributed by atoms with Gasteiger partial charge in [0.2, 0.25) is 0 Å². The molecule has 3 aromatic rings. The molecular weight excluding hydrogens is 424 g/mol. The fraction of sp³-hybridized carbons (Fsp3) is 0.190. The highest BCUT2D eigenvalue weighted by Crippen LogP contribution is 2.20. The Labute approximate surface area is 179 Å². The lowest BCUT2D eigenvalue weighted by Gasteiger charge is -2.15. The summed E-state index contributed by atoms with van der Waals surface area (Å²) in [7, 11) is -2.02. The Balaban J connectivity index is 1.52. The largest absolute Gasteiger partial charge is 0.497 e. The number of hydrogen-bond donors (Lipinski definition) is 2. The average molecular weight is 447 g/mol. The third kappa shape index (κ3) is 5.74. The fourth-order valence-corrected chi connectivity index (χ4v) is 4.60. The Morgan fingerprint density at radius 3 is 2.30 bits per heavy atom. The van der Waals surface area contributed by atoms with Gasteiger partial charge in [0.15, 0.2) is 0 Å². The SMILES string of the molecule is COc1ccc(OCC(C)NC(=O)c2ccc(NS(=O)(=O)c3cccs3)cc2)cc1. The van der Waals surface area contributed by atoms with E-state index in [0.29, 0.717) is 23.6 Å². The van der Waals surface area contributed by atoms with Crippen LogP contribution in [0.4, 0.5) is 5.69 Å².